The van der Waals surface area contributed by atoms with E-state index in [0.29, 0.717) is 5.56 Å². The van der Waals surface area contributed by atoms with Crippen molar-refractivity contribution in [1.29, 1.82) is 0 Å². The van der Waals surface area contributed by atoms with Crippen molar-refractivity contribution >= 4 is 27.5 Å². The molecule has 0 aliphatic rings. The van der Waals surface area contributed by atoms with Gasteiger partial charge in [0.05, 0.1) is 10.6 Å². The largest absolute Gasteiger partial charge is 0.267 e. The van der Waals surface area contributed by atoms with Crippen LogP contribution in [0.4, 0.5) is 8.78 Å². The number of rotatable bonds is 1. The maximum Gasteiger partial charge on any atom is 0.267 e. The van der Waals surface area contributed by atoms with Crippen molar-refractivity contribution in [3.63, 3.8) is 0 Å². The van der Waals surface area contributed by atoms with Gasteiger partial charge in [0.15, 0.2) is 0 Å². The van der Waals surface area contributed by atoms with Crippen LogP contribution in [-0.4, -0.2) is 4.98 Å². The molecule has 0 saturated carbocycles. The van der Waals surface area contributed by atoms with E-state index in [1.165, 1.54) is 6.20 Å². The zero-order valence-electron chi connectivity index (χ0n) is 6.11. The Morgan fingerprint density at radius 3 is 2.58 bits per heavy atom. The molecule has 0 spiro atoms. The van der Waals surface area contributed by atoms with Gasteiger partial charge in [-0.3, -0.25) is 0 Å². The number of hydrogen-bond acceptors (Lipinski definition) is 1. The van der Waals surface area contributed by atoms with Crippen LogP contribution in [0.3, 0.4) is 0 Å². The van der Waals surface area contributed by atoms with Gasteiger partial charge in [-0.1, -0.05) is 11.6 Å². The Morgan fingerprint density at radius 1 is 1.58 bits per heavy atom. The molecule has 0 N–H and O–H groups in total. The molecule has 0 amide bonds. The first-order valence-corrected chi connectivity index (χ1v) is 4.29. The lowest BCUT2D eigenvalue weighted by Crippen LogP contribution is -1.93. The van der Waals surface area contributed by atoms with Gasteiger partial charge in [0.1, 0.15) is 4.60 Å². The Kier molecular flexibility index (Phi) is 3.01. The third-order valence-corrected chi connectivity index (χ3v) is 2.53. The molecule has 1 aromatic heterocycles. The summed E-state index contributed by atoms with van der Waals surface area (Å²) in [6, 6.07) is 0. The Morgan fingerprint density at radius 2 is 2.17 bits per heavy atom. The van der Waals surface area contributed by atoms with E-state index in [1.54, 1.807) is 6.92 Å². The SMILES string of the molecule is Cc1cnc(Br)c(C(F)F)c1Cl. The topological polar surface area (TPSA) is 12.9 Å². The predicted molar refractivity (Wildman–Crippen MR) is 46.6 cm³/mol. The van der Waals surface area contributed by atoms with Crippen molar-refractivity contribution in [3.8, 4) is 0 Å². The molecule has 1 heterocycles. The van der Waals surface area contributed by atoms with Gasteiger partial charge >= 0.3 is 0 Å². The second-order valence-electron chi connectivity index (χ2n) is 2.26. The molecule has 0 unspecified atom stereocenters. The van der Waals surface area contributed by atoms with Crippen LogP contribution in [0.5, 0.6) is 0 Å². The molecule has 0 aliphatic heterocycles. The van der Waals surface area contributed by atoms with Crippen LogP contribution in [0.15, 0.2) is 10.8 Å². The highest BCUT2D eigenvalue weighted by atomic mass is 79.9. The summed E-state index contributed by atoms with van der Waals surface area (Å²) in [6.45, 7) is 1.63. The Balaban J connectivity index is 3.33. The van der Waals surface area contributed by atoms with Gasteiger partial charge in [0, 0.05) is 6.20 Å². The summed E-state index contributed by atoms with van der Waals surface area (Å²) in [5.41, 5.74) is 0.312. The first kappa shape index (κ1) is 9.86. The summed E-state index contributed by atoms with van der Waals surface area (Å²) < 4.78 is 24.7. The van der Waals surface area contributed by atoms with E-state index in [9.17, 15) is 8.78 Å². The molecule has 0 aromatic carbocycles. The molecule has 1 nitrogen and oxygen atoms in total. The quantitative estimate of drug-likeness (QED) is 0.698. The summed E-state index contributed by atoms with van der Waals surface area (Å²) in [6.07, 6.45) is -1.16. The summed E-state index contributed by atoms with van der Waals surface area (Å²) in [4.78, 5) is 3.71. The van der Waals surface area contributed by atoms with E-state index < -0.39 is 6.43 Å². The third kappa shape index (κ3) is 1.75. The molecule has 0 atom stereocenters. The predicted octanol–water partition coefficient (Wildman–Crippen LogP) is 3.74. The number of hydrogen-bond donors (Lipinski definition) is 0. The highest BCUT2D eigenvalue weighted by Crippen LogP contribution is 2.33. The van der Waals surface area contributed by atoms with E-state index in [0.717, 1.165) is 0 Å². The van der Waals surface area contributed by atoms with Gasteiger partial charge in [-0.25, -0.2) is 13.8 Å². The van der Waals surface area contributed by atoms with Gasteiger partial charge in [0.25, 0.3) is 6.43 Å². The number of pyridine rings is 1. The monoisotopic (exact) mass is 255 g/mol. The van der Waals surface area contributed by atoms with E-state index in [4.69, 9.17) is 11.6 Å². The average molecular weight is 256 g/mol. The fraction of sp³-hybridized carbons (Fsp3) is 0.286. The molecule has 0 aliphatic carbocycles. The maximum atomic E-state index is 12.3. The summed E-state index contributed by atoms with van der Waals surface area (Å²) in [5, 5.41) is 0.0758. The van der Waals surface area contributed by atoms with Gasteiger partial charge in [0.2, 0.25) is 0 Å². The zero-order valence-corrected chi connectivity index (χ0v) is 8.46. The molecule has 0 radical (unpaired) electrons. The molecular formula is C7H5BrClF2N. The summed E-state index contributed by atoms with van der Waals surface area (Å²) in [7, 11) is 0. The van der Waals surface area contributed by atoms with E-state index in [1.807, 2.05) is 0 Å². The van der Waals surface area contributed by atoms with E-state index in [-0.39, 0.29) is 15.2 Å². The van der Waals surface area contributed by atoms with E-state index >= 15 is 0 Å². The fourth-order valence-corrected chi connectivity index (χ4v) is 1.58. The van der Waals surface area contributed by atoms with Gasteiger partial charge in [-0.05, 0) is 28.4 Å². The lowest BCUT2D eigenvalue weighted by atomic mass is 10.2. The lowest BCUT2D eigenvalue weighted by molar-refractivity contribution is 0.150. The van der Waals surface area contributed by atoms with Crippen molar-refractivity contribution in [3.05, 3.63) is 26.9 Å². The van der Waals surface area contributed by atoms with Crippen molar-refractivity contribution in [2.45, 2.75) is 13.3 Å². The maximum absolute atomic E-state index is 12.3. The zero-order chi connectivity index (χ0) is 9.30. The standard InChI is InChI=1S/C7H5BrClF2N/c1-3-2-12-6(8)4(5(3)9)7(10)11/h2,7H,1H3. The molecule has 66 valence electrons. The van der Waals surface area contributed by atoms with Crippen LogP contribution in [0.25, 0.3) is 0 Å². The first-order valence-electron chi connectivity index (χ1n) is 3.12. The van der Waals surface area contributed by atoms with Crippen molar-refractivity contribution in [2.75, 3.05) is 0 Å². The van der Waals surface area contributed by atoms with Crippen molar-refractivity contribution in [1.82, 2.24) is 4.98 Å². The third-order valence-electron chi connectivity index (χ3n) is 1.39. The minimum absolute atomic E-state index is 0.0758. The molecule has 0 bridgehead atoms. The number of halogens is 4. The second kappa shape index (κ2) is 3.66. The smallest absolute Gasteiger partial charge is 0.248 e. The lowest BCUT2D eigenvalue weighted by Gasteiger charge is -2.06. The first-order chi connectivity index (χ1) is 5.54. The molecule has 0 fully saturated rings. The molecule has 1 aromatic rings. The van der Waals surface area contributed by atoms with Crippen LogP contribution >= 0.6 is 27.5 Å². The fourth-order valence-electron chi connectivity index (χ4n) is 0.769. The number of nitrogens with zero attached hydrogens (tertiary/aromatic N) is 1. The van der Waals surface area contributed by atoms with Crippen LogP contribution in [0.2, 0.25) is 5.02 Å². The minimum atomic E-state index is -2.60. The van der Waals surface area contributed by atoms with Crippen LogP contribution in [0, 0.1) is 6.92 Å². The molecule has 5 heteroatoms. The van der Waals surface area contributed by atoms with Crippen LogP contribution in [-0.2, 0) is 0 Å². The second-order valence-corrected chi connectivity index (χ2v) is 3.39. The number of aryl methyl sites for hydroxylation is 1. The summed E-state index contributed by atoms with van der Waals surface area (Å²) in [5.74, 6) is 0. The Hall–Kier alpha value is -0.220. The molecule has 1 rings (SSSR count). The van der Waals surface area contributed by atoms with E-state index in [2.05, 4.69) is 20.9 Å². The van der Waals surface area contributed by atoms with Gasteiger partial charge in [-0.15, -0.1) is 0 Å². The number of alkyl halides is 2. The molecular weight excluding hydrogens is 251 g/mol. The average Bonchev–Trinajstić information content (AvgIpc) is 1.97. The minimum Gasteiger partial charge on any atom is -0.248 e. The summed E-state index contributed by atoms with van der Waals surface area (Å²) >= 11 is 8.55. The molecule has 0 saturated heterocycles. The van der Waals surface area contributed by atoms with Crippen LogP contribution < -0.4 is 0 Å². The number of aromatic nitrogens is 1. The highest BCUT2D eigenvalue weighted by molar-refractivity contribution is 9.10. The molecule has 12 heavy (non-hydrogen) atoms. The van der Waals surface area contributed by atoms with Crippen LogP contribution in [0.1, 0.15) is 17.6 Å². The Bertz CT molecular complexity index is 304. The highest BCUT2D eigenvalue weighted by Gasteiger charge is 2.18. The Labute approximate surface area is 81.9 Å². The van der Waals surface area contributed by atoms with Crippen molar-refractivity contribution in [2.24, 2.45) is 0 Å². The van der Waals surface area contributed by atoms with Gasteiger partial charge in [-0.2, -0.15) is 0 Å². The normalized spacial score (nSPS) is 10.8. The van der Waals surface area contributed by atoms with Gasteiger partial charge < -0.3 is 0 Å². The van der Waals surface area contributed by atoms with Crippen molar-refractivity contribution < 1.29 is 8.78 Å².